The van der Waals surface area contributed by atoms with Crippen molar-refractivity contribution in [1.82, 2.24) is 0 Å². The lowest BCUT2D eigenvalue weighted by atomic mass is 9.96. The van der Waals surface area contributed by atoms with E-state index in [9.17, 15) is 4.79 Å². The average Bonchev–Trinajstić information content (AvgIpc) is 3.11. The molecule has 0 saturated heterocycles. The maximum absolute atomic E-state index is 12.0. The van der Waals surface area contributed by atoms with E-state index < -0.39 is 0 Å². The van der Waals surface area contributed by atoms with Crippen LogP contribution in [0, 0.1) is 6.92 Å². The molecule has 1 heterocycles. The summed E-state index contributed by atoms with van der Waals surface area (Å²) in [5.41, 5.74) is 3.96. The summed E-state index contributed by atoms with van der Waals surface area (Å²) in [7, 11) is 0. The van der Waals surface area contributed by atoms with Crippen LogP contribution in [0.4, 0.5) is 5.69 Å². The minimum Gasteiger partial charge on any atom is -0.244 e. The molecule has 5 rings (SSSR count). The second kappa shape index (κ2) is 7.02. The number of aryl methyl sites for hydroxylation is 1. The highest BCUT2D eigenvalue weighted by atomic mass is 16.7. The summed E-state index contributed by atoms with van der Waals surface area (Å²) in [5, 5.41) is 4.78. The first-order valence-corrected chi connectivity index (χ1v) is 9.71. The zero-order valence-electron chi connectivity index (χ0n) is 16.1. The third-order valence-corrected chi connectivity index (χ3v) is 5.27. The molecule has 4 aromatic carbocycles. The SMILES string of the molecule is Cc1cccc([N+]2=C(C=Cc3c4ccccc4cc4ccccc34)CC(=O)O2)c1. The molecular weight excluding hydrogens is 358 g/mol. The van der Waals surface area contributed by atoms with Crippen molar-refractivity contribution in [2.24, 2.45) is 0 Å². The molecule has 0 saturated carbocycles. The molecule has 0 aromatic heterocycles. The summed E-state index contributed by atoms with van der Waals surface area (Å²) in [6.07, 6.45) is 4.36. The Balaban J connectivity index is 1.68. The van der Waals surface area contributed by atoms with Crippen molar-refractivity contribution in [2.75, 3.05) is 0 Å². The Hall–Kier alpha value is -3.72. The summed E-state index contributed by atoms with van der Waals surface area (Å²) in [4.78, 5) is 17.5. The van der Waals surface area contributed by atoms with Crippen molar-refractivity contribution in [1.29, 1.82) is 0 Å². The summed E-state index contributed by atoms with van der Waals surface area (Å²) in [5.74, 6) is -0.242. The van der Waals surface area contributed by atoms with Crippen LogP contribution < -0.4 is 0 Å². The van der Waals surface area contributed by atoms with E-state index in [-0.39, 0.29) is 12.4 Å². The molecule has 0 N–H and O–H groups in total. The van der Waals surface area contributed by atoms with E-state index in [0.29, 0.717) is 0 Å². The van der Waals surface area contributed by atoms with Gasteiger partial charge in [0.25, 0.3) is 5.69 Å². The highest BCUT2D eigenvalue weighted by Gasteiger charge is 2.33. The van der Waals surface area contributed by atoms with Crippen molar-refractivity contribution >= 4 is 45.0 Å². The number of nitrogens with zero attached hydrogens (tertiary/aromatic N) is 1. The number of rotatable bonds is 3. The molecule has 4 aromatic rings. The lowest BCUT2D eigenvalue weighted by Crippen LogP contribution is -2.06. The molecule has 0 bridgehead atoms. The minimum absolute atomic E-state index is 0.242. The van der Waals surface area contributed by atoms with Gasteiger partial charge in [-0.25, -0.2) is 4.79 Å². The average molecular weight is 378 g/mol. The molecular formula is C26H20NO2+. The van der Waals surface area contributed by atoms with E-state index in [1.54, 1.807) is 4.74 Å². The zero-order chi connectivity index (χ0) is 19.8. The fourth-order valence-electron chi connectivity index (χ4n) is 3.92. The molecule has 0 radical (unpaired) electrons. The summed E-state index contributed by atoms with van der Waals surface area (Å²) in [6.45, 7) is 2.03. The van der Waals surface area contributed by atoms with Gasteiger partial charge in [0, 0.05) is 22.9 Å². The number of fused-ring (bicyclic) bond motifs is 2. The fourth-order valence-corrected chi connectivity index (χ4v) is 3.92. The molecule has 0 amide bonds. The topological polar surface area (TPSA) is 29.3 Å². The van der Waals surface area contributed by atoms with Crippen LogP contribution in [0.5, 0.6) is 0 Å². The Morgan fingerprint density at radius 3 is 2.21 bits per heavy atom. The molecule has 0 spiro atoms. The largest absolute Gasteiger partial charge is 0.391 e. The lowest BCUT2D eigenvalue weighted by Gasteiger charge is -2.08. The van der Waals surface area contributed by atoms with Crippen LogP contribution in [0.2, 0.25) is 0 Å². The van der Waals surface area contributed by atoms with Crippen LogP contribution in [-0.4, -0.2) is 16.4 Å². The van der Waals surface area contributed by atoms with Crippen LogP contribution in [0.3, 0.4) is 0 Å². The molecule has 3 heteroatoms. The van der Waals surface area contributed by atoms with E-state index in [2.05, 4.69) is 60.7 Å². The van der Waals surface area contributed by atoms with Crippen LogP contribution in [0.1, 0.15) is 17.5 Å². The first kappa shape index (κ1) is 17.4. The lowest BCUT2D eigenvalue weighted by molar-refractivity contribution is -0.692. The van der Waals surface area contributed by atoms with Gasteiger partial charge >= 0.3 is 5.97 Å². The molecule has 0 atom stereocenters. The van der Waals surface area contributed by atoms with Gasteiger partial charge in [-0.1, -0.05) is 60.7 Å². The molecule has 0 fully saturated rings. The van der Waals surface area contributed by atoms with Gasteiger partial charge in [-0.05, 0) is 51.7 Å². The van der Waals surface area contributed by atoms with E-state index in [1.807, 2.05) is 37.3 Å². The second-order valence-corrected chi connectivity index (χ2v) is 7.33. The third kappa shape index (κ3) is 3.21. The molecule has 29 heavy (non-hydrogen) atoms. The van der Waals surface area contributed by atoms with E-state index in [0.717, 1.165) is 22.5 Å². The Morgan fingerprint density at radius 1 is 0.828 bits per heavy atom. The van der Waals surface area contributed by atoms with Crippen LogP contribution in [0.15, 0.2) is 84.9 Å². The highest BCUT2D eigenvalue weighted by molar-refractivity contribution is 6.11. The maximum atomic E-state index is 12.0. The van der Waals surface area contributed by atoms with Gasteiger partial charge in [-0.3, -0.25) is 0 Å². The van der Waals surface area contributed by atoms with Gasteiger partial charge < -0.3 is 0 Å². The first-order chi connectivity index (χ1) is 14.2. The third-order valence-electron chi connectivity index (χ3n) is 5.27. The normalized spacial score (nSPS) is 14.3. The van der Waals surface area contributed by atoms with Crippen LogP contribution in [-0.2, 0) is 9.63 Å². The number of benzene rings is 4. The van der Waals surface area contributed by atoms with E-state index in [4.69, 9.17) is 4.84 Å². The molecule has 0 aliphatic carbocycles. The Morgan fingerprint density at radius 2 is 1.52 bits per heavy atom. The van der Waals surface area contributed by atoms with Crippen LogP contribution >= 0.6 is 0 Å². The quantitative estimate of drug-likeness (QED) is 0.250. The van der Waals surface area contributed by atoms with Gasteiger partial charge in [0.15, 0.2) is 0 Å². The van der Waals surface area contributed by atoms with Crippen LogP contribution in [0.25, 0.3) is 27.6 Å². The molecule has 3 nitrogen and oxygen atoms in total. The van der Waals surface area contributed by atoms with Crippen molar-refractivity contribution in [3.8, 4) is 0 Å². The van der Waals surface area contributed by atoms with Crippen molar-refractivity contribution in [2.45, 2.75) is 13.3 Å². The standard InChI is InChI=1S/C26H20NO2/c1-18-7-6-10-21(15-18)27-22(17-26(28)29-27)13-14-25-23-11-4-2-8-19(23)16-20-9-3-5-12-24(20)25/h2-16H,17H2,1H3/q+1. The fraction of sp³-hybridized carbons (Fsp3) is 0.0769. The highest BCUT2D eigenvalue weighted by Crippen LogP contribution is 2.30. The van der Waals surface area contributed by atoms with Gasteiger partial charge in [-0.15, -0.1) is 0 Å². The van der Waals surface area contributed by atoms with Gasteiger partial charge in [0.05, 0.1) is 0 Å². The number of hydrogen-bond acceptors (Lipinski definition) is 2. The summed E-state index contributed by atoms with van der Waals surface area (Å²) >= 11 is 0. The predicted molar refractivity (Wildman–Crippen MR) is 117 cm³/mol. The Labute approximate surface area is 169 Å². The molecule has 1 aliphatic rings. The molecule has 140 valence electrons. The first-order valence-electron chi connectivity index (χ1n) is 9.71. The van der Waals surface area contributed by atoms with E-state index in [1.165, 1.54) is 21.5 Å². The van der Waals surface area contributed by atoms with Crippen molar-refractivity contribution < 1.29 is 14.4 Å². The second-order valence-electron chi connectivity index (χ2n) is 7.33. The summed E-state index contributed by atoms with van der Waals surface area (Å²) < 4.78 is 1.64. The van der Waals surface area contributed by atoms with Crippen molar-refractivity contribution in [3.63, 3.8) is 0 Å². The Kier molecular flexibility index (Phi) is 4.21. The van der Waals surface area contributed by atoms with E-state index >= 15 is 0 Å². The number of allylic oxidation sites excluding steroid dienone is 1. The molecule has 0 unspecified atom stereocenters. The van der Waals surface area contributed by atoms with Gasteiger partial charge in [0.2, 0.25) is 5.71 Å². The minimum atomic E-state index is -0.242. The zero-order valence-corrected chi connectivity index (χ0v) is 16.1. The van der Waals surface area contributed by atoms with Gasteiger partial charge in [-0.2, -0.15) is 4.84 Å². The number of hydrogen-bond donors (Lipinski definition) is 0. The monoisotopic (exact) mass is 378 g/mol. The number of carbonyl (C=O) groups is 1. The van der Waals surface area contributed by atoms with Gasteiger partial charge in [0.1, 0.15) is 6.42 Å². The molecule has 1 aliphatic heterocycles. The summed E-state index contributed by atoms with van der Waals surface area (Å²) in [6, 6.07) is 27.0. The Bertz CT molecular complexity index is 1280. The van der Waals surface area contributed by atoms with Crippen molar-refractivity contribution in [3.05, 3.63) is 96.1 Å². The predicted octanol–water partition coefficient (Wildman–Crippen LogP) is 5.96. The number of carbonyl (C=O) groups excluding carboxylic acids is 1. The maximum Gasteiger partial charge on any atom is 0.391 e. The smallest absolute Gasteiger partial charge is 0.244 e.